The number of alkyl halides is 1. The molecule has 2 aromatic rings. The first-order valence-corrected chi connectivity index (χ1v) is 5.44. The van der Waals surface area contributed by atoms with E-state index in [1.807, 2.05) is 6.20 Å². The molecule has 0 saturated carbocycles. The highest BCUT2D eigenvalue weighted by Crippen LogP contribution is 2.19. The zero-order valence-corrected chi connectivity index (χ0v) is 9.38. The van der Waals surface area contributed by atoms with Gasteiger partial charge in [-0.2, -0.15) is 5.10 Å². The Kier molecular flexibility index (Phi) is 3.77. The molecule has 0 bridgehead atoms. The molecule has 90 valence electrons. The van der Waals surface area contributed by atoms with E-state index in [4.69, 9.17) is 5.73 Å². The van der Waals surface area contributed by atoms with Gasteiger partial charge in [0.25, 0.3) is 0 Å². The van der Waals surface area contributed by atoms with Crippen molar-refractivity contribution in [2.24, 2.45) is 5.73 Å². The van der Waals surface area contributed by atoms with Crippen LogP contribution in [0.4, 0.5) is 4.39 Å². The smallest absolute Gasteiger partial charge is 0.115 e. The van der Waals surface area contributed by atoms with Crippen LogP contribution in [0, 0.1) is 0 Å². The minimum atomic E-state index is -0.441. The summed E-state index contributed by atoms with van der Waals surface area (Å²) in [6.07, 6.45) is 7.36. The molecule has 0 amide bonds. The van der Waals surface area contributed by atoms with Gasteiger partial charge in [-0.25, -0.2) is 4.39 Å². The van der Waals surface area contributed by atoms with E-state index in [1.165, 1.54) is 0 Å². The molecule has 2 N–H and O–H groups in total. The van der Waals surface area contributed by atoms with E-state index < -0.39 is 6.67 Å². The van der Waals surface area contributed by atoms with Gasteiger partial charge in [0, 0.05) is 24.2 Å². The van der Waals surface area contributed by atoms with Crippen LogP contribution in [0.15, 0.2) is 24.8 Å². The van der Waals surface area contributed by atoms with Crippen LogP contribution in [-0.2, 0) is 13.0 Å². The van der Waals surface area contributed by atoms with Gasteiger partial charge in [-0.15, -0.1) is 0 Å². The molecular formula is C11H14FN5. The molecule has 0 fully saturated rings. The highest BCUT2D eigenvalue weighted by Gasteiger charge is 2.11. The van der Waals surface area contributed by atoms with Gasteiger partial charge >= 0.3 is 0 Å². The van der Waals surface area contributed by atoms with Crippen molar-refractivity contribution in [1.82, 2.24) is 19.7 Å². The Labute approximate surface area is 98.5 Å². The summed E-state index contributed by atoms with van der Waals surface area (Å²) in [7, 11) is 0. The number of nitrogens with two attached hydrogens (primary N) is 1. The number of hydrogen-bond acceptors (Lipinski definition) is 4. The first kappa shape index (κ1) is 11.7. The molecule has 0 aliphatic rings. The van der Waals surface area contributed by atoms with E-state index in [0.717, 1.165) is 11.3 Å². The molecule has 0 aromatic carbocycles. The standard InChI is InChI=1S/C11H14FN5/c12-2-6-17-8-9(1-3-13)11(16-17)10-7-14-4-5-15-10/h4-5,7-8H,1-3,6,13H2. The average molecular weight is 235 g/mol. The van der Waals surface area contributed by atoms with Crippen LogP contribution < -0.4 is 5.73 Å². The highest BCUT2D eigenvalue weighted by atomic mass is 19.1. The van der Waals surface area contributed by atoms with Crippen molar-refractivity contribution >= 4 is 0 Å². The van der Waals surface area contributed by atoms with Crippen molar-refractivity contribution in [3.8, 4) is 11.4 Å². The number of rotatable bonds is 5. The van der Waals surface area contributed by atoms with Gasteiger partial charge in [-0.05, 0) is 13.0 Å². The lowest BCUT2D eigenvalue weighted by Gasteiger charge is -1.98. The number of nitrogens with zero attached hydrogens (tertiary/aromatic N) is 4. The molecule has 17 heavy (non-hydrogen) atoms. The van der Waals surface area contributed by atoms with Crippen molar-refractivity contribution in [3.63, 3.8) is 0 Å². The largest absolute Gasteiger partial charge is 0.330 e. The Balaban J connectivity index is 2.37. The Morgan fingerprint density at radius 2 is 2.24 bits per heavy atom. The third-order valence-corrected chi connectivity index (χ3v) is 2.37. The van der Waals surface area contributed by atoms with Crippen molar-refractivity contribution in [2.75, 3.05) is 13.2 Å². The quantitative estimate of drug-likeness (QED) is 0.832. The van der Waals surface area contributed by atoms with E-state index >= 15 is 0 Å². The van der Waals surface area contributed by atoms with Crippen LogP contribution >= 0.6 is 0 Å². The number of aryl methyl sites for hydroxylation is 1. The molecule has 0 spiro atoms. The second-order valence-electron chi connectivity index (χ2n) is 3.58. The van der Waals surface area contributed by atoms with Gasteiger partial charge in [0.15, 0.2) is 0 Å². The molecule has 0 aliphatic carbocycles. The fraction of sp³-hybridized carbons (Fsp3) is 0.364. The maximum absolute atomic E-state index is 12.3. The van der Waals surface area contributed by atoms with Gasteiger partial charge in [0.1, 0.15) is 18.1 Å². The summed E-state index contributed by atoms with van der Waals surface area (Å²) in [4.78, 5) is 8.19. The summed E-state index contributed by atoms with van der Waals surface area (Å²) in [5.74, 6) is 0. The maximum Gasteiger partial charge on any atom is 0.115 e. The van der Waals surface area contributed by atoms with Crippen molar-refractivity contribution < 1.29 is 4.39 Å². The second-order valence-corrected chi connectivity index (χ2v) is 3.58. The number of hydrogen-bond donors (Lipinski definition) is 1. The Morgan fingerprint density at radius 3 is 2.88 bits per heavy atom. The first-order chi connectivity index (χ1) is 8.35. The molecule has 2 aromatic heterocycles. The van der Waals surface area contributed by atoms with E-state index in [1.54, 1.807) is 23.3 Å². The zero-order chi connectivity index (χ0) is 12.1. The van der Waals surface area contributed by atoms with Crippen LogP contribution in [0.25, 0.3) is 11.4 Å². The molecule has 2 rings (SSSR count). The maximum atomic E-state index is 12.3. The van der Waals surface area contributed by atoms with Crippen LogP contribution in [0.2, 0.25) is 0 Å². The Hall–Kier alpha value is -1.82. The lowest BCUT2D eigenvalue weighted by molar-refractivity contribution is 0.427. The van der Waals surface area contributed by atoms with E-state index in [0.29, 0.717) is 18.7 Å². The molecule has 5 nitrogen and oxygen atoms in total. The highest BCUT2D eigenvalue weighted by molar-refractivity contribution is 5.57. The summed E-state index contributed by atoms with van der Waals surface area (Å²) in [5, 5.41) is 4.31. The zero-order valence-electron chi connectivity index (χ0n) is 9.38. The van der Waals surface area contributed by atoms with Gasteiger partial charge in [-0.1, -0.05) is 0 Å². The second kappa shape index (κ2) is 5.49. The van der Waals surface area contributed by atoms with E-state index in [2.05, 4.69) is 15.1 Å². The van der Waals surface area contributed by atoms with Gasteiger partial charge in [-0.3, -0.25) is 14.6 Å². The van der Waals surface area contributed by atoms with Crippen molar-refractivity contribution in [2.45, 2.75) is 13.0 Å². The van der Waals surface area contributed by atoms with Crippen LogP contribution in [0.1, 0.15) is 5.56 Å². The Bertz CT molecular complexity index is 468. The fourth-order valence-corrected chi connectivity index (χ4v) is 1.64. The molecule has 0 aliphatic heterocycles. The minimum absolute atomic E-state index is 0.248. The molecule has 2 heterocycles. The predicted octanol–water partition coefficient (Wildman–Crippen LogP) is 0.811. The van der Waals surface area contributed by atoms with Gasteiger partial charge in [0.05, 0.1) is 12.7 Å². The van der Waals surface area contributed by atoms with Crippen LogP contribution in [-0.4, -0.2) is 33.0 Å². The summed E-state index contributed by atoms with van der Waals surface area (Å²) in [6.45, 7) is 0.329. The lowest BCUT2D eigenvalue weighted by Crippen LogP contribution is -2.03. The molecule has 0 unspecified atom stereocenters. The third kappa shape index (κ3) is 2.65. The lowest BCUT2D eigenvalue weighted by atomic mass is 10.1. The van der Waals surface area contributed by atoms with Crippen LogP contribution in [0.3, 0.4) is 0 Å². The van der Waals surface area contributed by atoms with Crippen molar-refractivity contribution in [3.05, 3.63) is 30.4 Å². The van der Waals surface area contributed by atoms with E-state index in [-0.39, 0.29) is 6.54 Å². The minimum Gasteiger partial charge on any atom is -0.330 e. The molecule has 0 radical (unpaired) electrons. The molecule has 0 atom stereocenters. The topological polar surface area (TPSA) is 69.6 Å². The SMILES string of the molecule is NCCc1cn(CCF)nc1-c1cnccn1. The summed E-state index contributed by atoms with van der Waals surface area (Å²) >= 11 is 0. The number of halogens is 1. The van der Waals surface area contributed by atoms with Crippen molar-refractivity contribution in [1.29, 1.82) is 0 Å². The summed E-state index contributed by atoms with van der Waals surface area (Å²) < 4.78 is 13.9. The van der Waals surface area contributed by atoms with Gasteiger partial charge < -0.3 is 5.73 Å². The normalized spacial score (nSPS) is 10.7. The fourth-order valence-electron chi connectivity index (χ4n) is 1.64. The predicted molar refractivity (Wildman–Crippen MR) is 62.0 cm³/mol. The van der Waals surface area contributed by atoms with Gasteiger partial charge in [0.2, 0.25) is 0 Å². The summed E-state index contributed by atoms with van der Waals surface area (Å²) in [6, 6.07) is 0. The summed E-state index contributed by atoms with van der Waals surface area (Å²) in [5.41, 5.74) is 7.94. The monoisotopic (exact) mass is 235 g/mol. The molecule has 0 saturated heterocycles. The Morgan fingerprint density at radius 1 is 1.35 bits per heavy atom. The molecular weight excluding hydrogens is 221 g/mol. The van der Waals surface area contributed by atoms with E-state index in [9.17, 15) is 4.39 Å². The average Bonchev–Trinajstić information content (AvgIpc) is 2.74. The molecule has 6 heteroatoms. The van der Waals surface area contributed by atoms with Crippen LogP contribution in [0.5, 0.6) is 0 Å². The number of aromatic nitrogens is 4. The third-order valence-electron chi connectivity index (χ3n) is 2.37. The first-order valence-electron chi connectivity index (χ1n) is 5.44.